The van der Waals surface area contributed by atoms with Crippen LogP contribution in [0.3, 0.4) is 0 Å². The Morgan fingerprint density at radius 3 is 1.53 bits per heavy atom. The highest BCUT2D eigenvalue weighted by Crippen LogP contribution is 2.77. The van der Waals surface area contributed by atoms with Gasteiger partial charge in [-0.15, -0.1) is 0 Å². The zero-order valence-corrected chi connectivity index (χ0v) is 21.1. The van der Waals surface area contributed by atoms with Gasteiger partial charge in [0.05, 0.1) is 14.2 Å². The molecule has 172 valence electrons. The Kier molecular flexibility index (Phi) is 4.63. The summed E-state index contributed by atoms with van der Waals surface area (Å²) in [7, 11) is 3.05. The highest BCUT2D eigenvalue weighted by Gasteiger charge is 2.74. The van der Waals surface area contributed by atoms with E-state index in [1.54, 1.807) is 7.11 Å². The van der Waals surface area contributed by atoms with Crippen LogP contribution in [0.5, 0.6) is 11.5 Å². The summed E-state index contributed by atoms with van der Waals surface area (Å²) in [6, 6.07) is 12.6. The Morgan fingerprint density at radius 1 is 0.656 bits per heavy atom. The maximum absolute atomic E-state index is 11.9. The average molecular weight is 437 g/mol. The molecule has 32 heavy (non-hydrogen) atoms. The molecule has 4 heteroatoms. The van der Waals surface area contributed by atoms with Gasteiger partial charge in [-0.3, -0.25) is 0 Å². The zero-order valence-electron chi connectivity index (χ0n) is 21.1. The van der Waals surface area contributed by atoms with Gasteiger partial charge >= 0.3 is 6.16 Å². The molecule has 0 N–H and O–H groups in total. The van der Waals surface area contributed by atoms with E-state index >= 15 is 0 Å². The van der Waals surface area contributed by atoms with Gasteiger partial charge in [-0.25, -0.2) is 4.79 Å². The molecule has 0 amide bonds. The van der Waals surface area contributed by atoms with E-state index in [4.69, 9.17) is 14.2 Å². The van der Waals surface area contributed by atoms with Crippen LogP contribution in [0.25, 0.3) is 0 Å². The van der Waals surface area contributed by atoms with Crippen LogP contribution in [0.2, 0.25) is 0 Å². The van der Waals surface area contributed by atoms with Crippen LogP contribution in [0.1, 0.15) is 77.6 Å². The Labute approximate surface area is 192 Å². The minimum atomic E-state index is -0.705. The van der Waals surface area contributed by atoms with Crippen LogP contribution in [0, 0.1) is 10.8 Å². The average Bonchev–Trinajstić information content (AvgIpc) is 2.96. The quantitative estimate of drug-likeness (QED) is 0.385. The van der Waals surface area contributed by atoms with E-state index in [2.05, 4.69) is 85.7 Å². The molecule has 2 aliphatic rings. The summed E-state index contributed by atoms with van der Waals surface area (Å²) in [5.74, 6) is 1.37. The van der Waals surface area contributed by atoms with Crippen molar-refractivity contribution in [1.29, 1.82) is 0 Å². The fourth-order valence-electron chi connectivity index (χ4n) is 6.97. The molecule has 0 saturated carbocycles. The normalized spacial score (nSPS) is 25.2. The molecule has 4 nitrogen and oxygen atoms in total. The first-order chi connectivity index (χ1) is 14.7. The lowest BCUT2D eigenvalue weighted by Crippen LogP contribution is -2.56. The lowest BCUT2D eigenvalue weighted by molar-refractivity contribution is 0.00826. The highest BCUT2D eigenvalue weighted by atomic mass is 16.7. The van der Waals surface area contributed by atoms with Gasteiger partial charge in [-0.1, -0.05) is 67.5 Å². The van der Waals surface area contributed by atoms with Gasteiger partial charge in [0.25, 0.3) is 0 Å². The lowest BCUT2D eigenvalue weighted by Gasteiger charge is -2.56. The molecule has 0 bridgehead atoms. The molecule has 0 fully saturated rings. The summed E-state index contributed by atoms with van der Waals surface area (Å²) in [5, 5.41) is 0. The number of carbonyl (C=O) groups excluding carboxylic acids is 1. The number of carbonyl (C=O) groups is 1. The SMILES string of the molecule is COC(=O)Oc1ccc2c(c1)C1(c3cc(OC)ccc3C(C)(C)C1(C)C)C(C)(C)C2(C)C. The summed E-state index contributed by atoms with van der Waals surface area (Å²) in [5.41, 5.74) is 4.32. The van der Waals surface area contributed by atoms with Crippen molar-refractivity contribution < 1.29 is 19.0 Å². The second-order valence-electron chi connectivity index (χ2n) is 11.4. The molecule has 2 aromatic rings. The van der Waals surface area contributed by atoms with Gasteiger partial charge in [0.2, 0.25) is 0 Å². The second kappa shape index (κ2) is 6.52. The van der Waals surface area contributed by atoms with Gasteiger partial charge in [0.1, 0.15) is 11.5 Å². The molecule has 1 unspecified atom stereocenters. The molecule has 0 heterocycles. The number of fused-ring (bicyclic) bond motifs is 4. The molecule has 4 rings (SSSR count). The number of hydrogen-bond acceptors (Lipinski definition) is 4. The van der Waals surface area contributed by atoms with Gasteiger partial charge < -0.3 is 14.2 Å². The van der Waals surface area contributed by atoms with Crippen LogP contribution < -0.4 is 9.47 Å². The van der Waals surface area contributed by atoms with E-state index < -0.39 is 6.16 Å². The third-order valence-corrected chi connectivity index (χ3v) is 9.74. The first kappa shape index (κ1) is 22.7. The topological polar surface area (TPSA) is 44.8 Å². The van der Waals surface area contributed by atoms with E-state index in [0.717, 1.165) is 5.75 Å². The predicted octanol–water partition coefficient (Wildman–Crippen LogP) is 6.76. The van der Waals surface area contributed by atoms with Crippen LogP contribution in [-0.4, -0.2) is 20.4 Å². The molecule has 0 aromatic heterocycles. The Balaban J connectivity index is 2.15. The van der Waals surface area contributed by atoms with Crippen molar-refractivity contribution >= 4 is 6.16 Å². The van der Waals surface area contributed by atoms with Crippen molar-refractivity contribution in [2.45, 2.75) is 71.6 Å². The number of rotatable bonds is 2. The number of benzene rings is 2. The van der Waals surface area contributed by atoms with Crippen molar-refractivity contribution in [2.75, 3.05) is 14.2 Å². The molecule has 2 aliphatic carbocycles. The largest absolute Gasteiger partial charge is 0.513 e. The second-order valence-corrected chi connectivity index (χ2v) is 11.4. The van der Waals surface area contributed by atoms with E-state index in [1.165, 1.54) is 29.4 Å². The van der Waals surface area contributed by atoms with E-state index in [1.807, 2.05) is 6.07 Å². The fourth-order valence-corrected chi connectivity index (χ4v) is 6.97. The third kappa shape index (κ3) is 2.31. The van der Waals surface area contributed by atoms with E-state index in [-0.39, 0.29) is 27.1 Å². The Hall–Kier alpha value is -2.49. The minimum absolute atomic E-state index is 0.0945. The highest BCUT2D eigenvalue weighted by molar-refractivity contribution is 5.69. The van der Waals surface area contributed by atoms with Gasteiger partial charge in [-0.05, 0) is 68.2 Å². The summed E-state index contributed by atoms with van der Waals surface area (Å²) in [6.45, 7) is 18.9. The number of methoxy groups -OCH3 is 2. The summed E-state index contributed by atoms with van der Waals surface area (Å²) in [4.78, 5) is 11.9. The van der Waals surface area contributed by atoms with Crippen LogP contribution in [0.4, 0.5) is 4.79 Å². The van der Waals surface area contributed by atoms with E-state index in [0.29, 0.717) is 5.75 Å². The number of hydrogen-bond donors (Lipinski definition) is 0. The summed E-state index contributed by atoms with van der Waals surface area (Å²) >= 11 is 0. The van der Waals surface area contributed by atoms with Crippen molar-refractivity contribution in [3.8, 4) is 11.5 Å². The van der Waals surface area contributed by atoms with Crippen molar-refractivity contribution in [3.63, 3.8) is 0 Å². The molecule has 1 spiro atoms. The maximum atomic E-state index is 11.9. The first-order valence-corrected chi connectivity index (χ1v) is 11.3. The molecular formula is C28H36O4. The zero-order chi connectivity index (χ0) is 23.9. The van der Waals surface area contributed by atoms with Crippen LogP contribution in [-0.2, 0) is 21.0 Å². The molecule has 1 atom stereocenters. The van der Waals surface area contributed by atoms with Crippen molar-refractivity contribution in [1.82, 2.24) is 0 Å². The van der Waals surface area contributed by atoms with Gasteiger partial charge in [-0.2, -0.15) is 0 Å². The summed E-state index contributed by atoms with van der Waals surface area (Å²) < 4.78 is 15.9. The Bertz CT molecular complexity index is 1100. The predicted molar refractivity (Wildman–Crippen MR) is 127 cm³/mol. The smallest absolute Gasteiger partial charge is 0.497 e. The van der Waals surface area contributed by atoms with Crippen molar-refractivity contribution in [2.24, 2.45) is 10.8 Å². The maximum Gasteiger partial charge on any atom is 0.513 e. The van der Waals surface area contributed by atoms with Crippen LogP contribution in [0.15, 0.2) is 36.4 Å². The van der Waals surface area contributed by atoms with Crippen molar-refractivity contribution in [3.05, 3.63) is 58.7 Å². The monoisotopic (exact) mass is 436 g/mol. The molecule has 0 saturated heterocycles. The lowest BCUT2D eigenvalue weighted by atomic mass is 9.46. The van der Waals surface area contributed by atoms with Crippen LogP contribution >= 0.6 is 0 Å². The van der Waals surface area contributed by atoms with Gasteiger partial charge in [0, 0.05) is 5.41 Å². The molecule has 0 aliphatic heterocycles. The van der Waals surface area contributed by atoms with Gasteiger partial charge in [0.15, 0.2) is 0 Å². The number of ether oxygens (including phenoxy) is 3. The first-order valence-electron chi connectivity index (χ1n) is 11.3. The molecule has 2 aromatic carbocycles. The summed E-state index contributed by atoms with van der Waals surface area (Å²) in [6.07, 6.45) is -0.705. The standard InChI is InChI=1S/C28H36O4/c1-24(2)19-13-11-17(30-9)15-21(19)28(26(24,5)6)22-16-18(32-23(29)31-10)12-14-20(22)25(3,4)27(28,7)8/h11-16H,1-10H3. The third-order valence-electron chi connectivity index (χ3n) is 9.74. The minimum Gasteiger partial charge on any atom is -0.497 e. The molecule has 0 radical (unpaired) electrons. The fraction of sp³-hybridized carbons (Fsp3) is 0.536. The van der Waals surface area contributed by atoms with E-state index in [9.17, 15) is 4.79 Å². The molecular weight excluding hydrogens is 400 g/mol. The Morgan fingerprint density at radius 2 is 1.09 bits per heavy atom.